The molecular weight excluding hydrogens is 370 g/mol. The van der Waals surface area contributed by atoms with Crippen LogP contribution in [0.25, 0.3) is 0 Å². The molecule has 0 aliphatic heterocycles. The summed E-state index contributed by atoms with van der Waals surface area (Å²) in [5.74, 6) is 0. The van der Waals surface area contributed by atoms with E-state index in [0.717, 1.165) is 0 Å². The molecule has 78 valence electrons. The quantitative estimate of drug-likeness (QED) is 0.619. The van der Waals surface area contributed by atoms with Crippen molar-refractivity contribution in [1.82, 2.24) is 0 Å². The molecule has 0 atom stereocenters. The van der Waals surface area contributed by atoms with Gasteiger partial charge in [0.25, 0.3) is 0 Å². The molecule has 0 aliphatic carbocycles. The van der Waals surface area contributed by atoms with Gasteiger partial charge in [-0.15, -0.1) is 0 Å². The van der Waals surface area contributed by atoms with Crippen LogP contribution in [0.2, 0.25) is 29.6 Å². The molecule has 0 aliphatic rings. The van der Waals surface area contributed by atoms with Gasteiger partial charge in [0.15, 0.2) is 0 Å². The molecule has 0 bridgehead atoms. The Kier molecular flexibility index (Phi) is 5.41. The van der Waals surface area contributed by atoms with Crippen molar-refractivity contribution in [3.8, 4) is 0 Å². The summed E-state index contributed by atoms with van der Waals surface area (Å²) in [6.07, 6.45) is 1.32. The first kappa shape index (κ1) is 14.3. The number of allylic oxidation sites excluding steroid dienone is 2. The zero-order chi connectivity index (χ0) is 10.9. The summed E-state index contributed by atoms with van der Waals surface area (Å²) in [5.41, 5.74) is 0. The SMILES string of the molecule is CC/[C](=[C](\C)[Sn]([CH3])([CH3])[CH3])[Sn]([CH3])([CH3])[CH3]. The molecule has 0 aromatic carbocycles. The third-order valence-electron chi connectivity index (χ3n) is 2.84. The maximum atomic E-state index is 2.55. The van der Waals surface area contributed by atoms with E-state index in [4.69, 9.17) is 0 Å². The van der Waals surface area contributed by atoms with E-state index in [1.165, 1.54) is 6.42 Å². The molecule has 0 N–H and O–H groups in total. The molecule has 0 rings (SSSR count). The second-order valence-electron chi connectivity index (χ2n) is 5.96. The van der Waals surface area contributed by atoms with Crippen molar-refractivity contribution in [2.75, 3.05) is 0 Å². The van der Waals surface area contributed by atoms with Gasteiger partial charge in [-0.2, -0.15) is 0 Å². The molecule has 13 heavy (non-hydrogen) atoms. The van der Waals surface area contributed by atoms with Crippen molar-refractivity contribution in [3.63, 3.8) is 0 Å². The topological polar surface area (TPSA) is 0 Å². The molecule has 0 aromatic rings. The monoisotopic (exact) mass is 398 g/mol. The van der Waals surface area contributed by atoms with E-state index < -0.39 is 36.8 Å². The Labute approximate surface area is 92.9 Å². The summed E-state index contributed by atoms with van der Waals surface area (Å²) in [6.45, 7) is 4.77. The van der Waals surface area contributed by atoms with Gasteiger partial charge < -0.3 is 0 Å². The van der Waals surface area contributed by atoms with Gasteiger partial charge >= 0.3 is 93.8 Å². The van der Waals surface area contributed by atoms with E-state index in [-0.39, 0.29) is 0 Å². The van der Waals surface area contributed by atoms with Crippen LogP contribution in [-0.2, 0) is 0 Å². The van der Waals surface area contributed by atoms with E-state index in [9.17, 15) is 0 Å². The van der Waals surface area contributed by atoms with Gasteiger partial charge in [0.1, 0.15) is 0 Å². The van der Waals surface area contributed by atoms with E-state index in [1.54, 1.807) is 0 Å². The molecule has 0 fully saturated rings. The van der Waals surface area contributed by atoms with Gasteiger partial charge in [-0.25, -0.2) is 0 Å². The van der Waals surface area contributed by atoms with Crippen LogP contribution in [0.3, 0.4) is 0 Å². The Morgan fingerprint density at radius 3 is 1.31 bits per heavy atom. The molecule has 0 amide bonds. The fraction of sp³-hybridized carbons (Fsp3) is 0.818. The van der Waals surface area contributed by atoms with Gasteiger partial charge in [-0.05, 0) is 0 Å². The van der Waals surface area contributed by atoms with Gasteiger partial charge in [-0.1, -0.05) is 0 Å². The summed E-state index contributed by atoms with van der Waals surface area (Å²) in [5, 5.41) is 0. The van der Waals surface area contributed by atoms with Crippen LogP contribution in [-0.4, -0.2) is 36.8 Å². The molecule has 0 saturated carbocycles. The molecule has 2 heteroatoms. The average Bonchev–Trinajstić information content (AvgIpc) is 1.83. The standard InChI is InChI=1S/C5H8.6CH3.2Sn/c1-3-5-4-2;;;;;;;;/h3H2,1-2H3;6*1H3;;. The van der Waals surface area contributed by atoms with Crippen LogP contribution in [0.1, 0.15) is 20.3 Å². The number of hydrogen-bond acceptors (Lipinski definition) is 0. The Hall–Kier alpha value is 1.34. The van der Waals surface area contributed by atoms with Crippen LogP contribution >= 0.6 is 0 Å². The molecule has 0 unspecified atom stereocenters. The molecule has 0 saturated heterocycles. The fourth-order valence-electron chi connectivity index (χ4n) is 1.81. The molecule has 0 aromatic heterocycles. The zero-order valence-electron chi connectivity index (χ0n) is 10.7. The van der Waals surface area contributed by atoms with Crippen LogP contribution in [0.4, 0.5) is 0 Å². The average molecular weight is 396 g/mol. The Morgan fingerprint density at radius 1 is 0.846 bits per heavy atom. The zero-order valence-corrected chi connectivity index (χ0v) is 16.4. The van der Waals surface area contributed by atoms with Crippen molar-refractivity contribution in [2.24, 2.45) is 0 Å². The van der Waals surface area contributed by atoms with E-state index in [1.807, 2.05) is 7.18 Å². The first-order valence-corrected chi connectivity index (χ1v) is 25.3. The van der Waals surface area contributed by atoms with Gasteiger partial charge in [0.2, 0.25) is 0 Å². The Bertz CT molecular complexity index is 201. The fourth-order valence-corrected chi connectivity index (χ4v) is 25.5. The molecule has 0 nitrogen and oxygen atoms in total. The van der Waals surface area contributed by atoms with Crippen LogP contribution in [0.5, 0.6) is 0 Å². The maximum absolute atomic E-state index is 2.55. The van der Waals surface area contributed by atoms with Crippen molar-refractivity contribution in [1.29, 1.82) is 0 Å². The van der Waals surface area contributed by atoms with E-state index in [0.29, 0.717) is 0 Å². The van der Waals surface area contributed by atoms with Crippen molar-refractivity contribution < 1.29 is 0 Å². The van der Waals surface area contributed by atoms with Crippen LogP contribution in [0, 0.1) is 0 Å². The molecule has 0 heterocycles. The third-order valence-corrected chi connectivity index (χ3v) is 19.4. The summed E-state index contributed by atoms with van der Waals surface area (Å²) in [4.78, 5) is 15.3. The molecule has 0 radical (unpaired) electrons. The predicted molar refractivity (Wildman–Crippen MR) is 69.7 cm³/mol. The van der Waals surface area contributed by atoms with Crippen molar-refractivity contribution >= 4 is 36.8 Å². The summed E-state index contributed by atoms with van der Waals surface area (Å²) in [6, 6.07) is 0. The normalized spacial score (nSPS) is 15.7. The van der Waals surface area contributed by atoms with Crippen molar-refractivity contribution in [2.45, 2.75) is 49.9 Å². The second kappa shape index (κ2) is 4.91. The van der Waals surface area contributed by atoms with Crippen LogP contribution < -0.4 is 0 Å². The molecular formula is C11H26Sn2. The van der Waals surface area contributed by atoms with Crippen molar-refractivity contribution in [3.05, 3.63) is 7.18 Å². The second-order valence-corrected chi connectivity index (χ2v) is 35.5. The van der Waals surface area contributed by atoms with Crippen LogP contribution in [0.15, 0.2) is 7.18 Å². The summed E-state index contributed by atoms with van der Waals surface area (Å²) < 4.78 is 3.78. The summed E-state index contributed by atoms with van der Waals surface area (Å²) >= 11 is -3.48. The minimum atomic E-state index is -1.75. The van der Waals surface area contributed by atoms with Gasteiger partial charge in [0, 0.05) is 0 Å². The third kappa shape index (κ3) is 4.58. The first-order chi connectivity index (χ1) is 5.60. The molecule has 0 spiro atoms. The number of hydrogen-bond donors (Lipinski definition) is 0. The Morgan fingerprint density at radius 2 is 1.23 bits per heavy atom. The van der Waals surface area contributed by atoms with E-state index in [2.05, 4.69) is 43.5 Å². The van der Waals surface area contributed by atoms with Gasteiger partial charge in [-0.3, -0.25) is 0 Å². The summed E-state index contributed by atoms with van der Waals surface area (Å²) in [7, 11) is 0. The minimum absolute atomic E-state index is 1.32. The van der Waals surface area contributed by atoms with Gasteiger partial charge in [0.05, 0.1) is 0 Å². The predicted octanol–water partition coefficient (Wildman–Crippen LogP) is 4.47. The number of rotatable bonds is 3. The Balaban J connectivity index is 5.16. The first-order valence-electron chi connectivity index (χ1n) is 5.31. The van der Waals surface area contributed by atoms with E-state index >= 15 is 0 Å².